The van der Waals surface area contributed by atoms with Crippen molar-refractivity contribution >= 4 is 29.1 Å². The first-order valence-corrected chi connectivity index (χ1v) is 10.6. The van der Waals surface area contributed by atoms with Crippen molar-refractivity contribution in [2.45, 2.75) is 58.5 Å². The first-order valence-electron chi connectivity index (χ1n) is 10.6. The third-order valence-corrected chi connectivity index (χ3v) is 5.55. The predicted molar refractivity (Wildman–Crippen MR) is 121 cm³/mol. The molecular formula is C24H30N4O3. The zero-order valence-electron chi connectivity index (χ0n) is 18.2. The molecule has 5 N–H and O–H groups in total. The second kappa shape index (κ2) is 9.64. The van der Waals surface area contributed by atoms with Crippen LogP contribution in [0.1, 0.15) is 68.0 Å². The molecule has 0 spiro atoms. The minimum atomic E-state index is -0.0842. The van der Waals surface area contributed by atoms with Crippen LogP contribution in [0.4, 0.5) is 11.4 Å². The molecule has 7 heteroatoms. The van der Waals surface area contributed by atoms with Crippen molar-refractivity contribution in [2.75, 3.05) is 11.1 Å². The number of hydrogen-bond donors (Lipinski definition) is 4. The quantitative estimate of drug-likeness (QED) is 0.569. The summed E-state index contributed by atoms with van der Waals surface area (Å²) in [7, 11) is 0. The smallest absolute Gasteiger partial charge is 0.221 e. The van der Waals surface area contributed by atoms with Gasteiger partial charge in [-0.05, 0) is 72.2 Å². The van der Waals surface area contributed by atoms with Crippen molar-refractivity contribution in [1.82, 2.24) is 10.6 Å². The molecule has 31 heavy (non-hydrogen) atoms. The molecule has 0 bridgehead atoms. The van der Waals surface area contributed by atoms with E-state index >= 15 is 0 Å². The van der Waals surface area contributed by atoms with Gasteiger partial charge < -0.3 is 21.7 Å². The van der Waals surface area contributed by atoms with Crippen molar-refractivity contribution in [2.24, 2.45) is 0 Å². The Morgan fingerprint density at radius 1 is 0.774 bits per heavy atom. The lowest BCUT2D eigenvalue weighted by Crippen LogP contribution is -2.24. The summed E-state index contributed by atoms with van der Waals surface area (Å²) in [5.41, 5.74) is 12.1. The van der Waals surface area contributed by atoms with Crippen molar-refractivity contribution in [1.29, 1.82) is 0 Å². The maximum atomic E-state index is 11.1. The minimum absolute atomic E-state index is 0.0188. The number of aryl methyl sites for hydroxylation is 2. The fourth-order valence-corrected chi connectivity index (χ4v) is 4.29. The van der Waals surface area contributed by atoms with Crippen LogP contribution in [0.25, 0.3) is 0 Å². The van der Waals surface area contributed by atoms with Crippen molar-refractivity contribution in [3.05, 3.63) is 58.7 Å². The molecule has 2 aromatic rings. The van der Waals surface area contributed by atoms with Crippen LogP contribution in [0.2, 0.25) is 0 Å². The van der Waals surface area contributed by atoms with Crippen LogP contribution in [0.3, 0.4) is 0 Å². The Bertz CT molecular complexity index is 1000. The van der Waals surface area contributed by atoms with Gasteiger partial charge in [-0.3, -0.25) is 14.4 Å². The lowest BCUT2D eigenvalue weighted by atomic mass is 10.1. The monoisotopic (exact) mass is 422 g/mol. The highest BCUT2D eigenvalue weighted by atomic mass is 16.2. The van der Waals surface area contributed by atoms with E-state index < -0.39 is 0 Å². The molecule has 164 valence electrons. The number of anilines is 2. The summed E-state index contributed by atoms with van der Waals surface area (Å²) < 4.78 is 0. The standard InChI is InChI=1S/C13H16N2O2.C11H14N2O/c1-8(16)14-11-5-3-10-4-6-13(12(10)7-11)15-9(2)17;1-7(14)13-11-5-3-8-2-4-9(12)6-10(8)11/h3,5,7,13H,4,6H2,1-2H3,(H,14,16)(H,15,17);2,4,6,11H,3,5,12H2,1H3,(H,13,14). The third-order valence-electron chi connectivity index (χ3n) is 5.55. The Morgan fingerprint density at radius 3 is 1.81 bits per heavy atom. The molecule has 2 aromatic carbocycles. The first kappa shape index (κ1) is 22.3. The molecule has 2 unspecified atom stereocenters. The number of hydrogen-bond acceptors (Lipinski definition) is 4. The average Bonchev–Trinajstić information content (AvgIpc) is 3.25. The van der Waals surface area contributed by atoms with Crippen LogP contribution >= 0.6 is 0 Å². The topological polar surface area (TPSA) is 113 Å². The van der Waals surface area contributed by atoms with Gasteiger partial charge in [0.05, 0.1) is 12.1 Å². The highest BCUT2D eigenvalue weighted by Gasteiger charge is 2.24. The van der Waals surface area contributed by atoms with E-state index in [9.17, 15) is 14.4 Å². The number of nitrogens with two attached hydrogens (primary N) is 1. The number of nitrogens with one attached hydrogen (secondary N) is 3. The minimum Gasteiger partial charge on any atom is -0.399 e. The second-order valence-corrected chi connectivity index (χ2v) is 8.14. The summed E-state index contributed by atoms with van der Waals surface area (Å²) in [4.78, 5) is 33.0. The molecule has 0 aromatic heterocycles. The Labute approximate surface area is 182 Å². The summed E-state index contributed by atoms with van der Waals surface area (Å²) in [5.74, 6) is -0.0860. The molecule has 0 fully saturated rings. The fourth-order valence-electron chi connectivity index (χ4n) is 4.29. The van der Waals surface area contributed by atoms with Crippen LogP contribution in [-0.4, -0.2) is 17.7 Å². The average molecular weight is 423 g/mol. The largest absolute Gasteiger partial charge is 0.399 e. The maximum absolute atomic E-state index is 11.1. The van der Waals surface area contributed by atoms with Gasteiger partial charge >= 0.3 is 0 Å². The molecule has 0 radical (unpaired) electrons. The van der Waals surface area contributed by atoms with E-state index in [0.717, 1.165) is 42.6 Å². The highest BCUT2D eigenvalue weighted by molar-refractivity contribution is 5.88. The van der Waals surface area contributed by atoms with Crippen LogP contribution in [0, 0.1) is 0 Å². The molecule has 0 aliphatic heterocycles. The third kappa shape index (κ3) is 5.84. The van der Waals surface area contributed by atoms with Gasteiger partial charge in [0.25, 0.3) is 0 Å². The van der Waals surface area contributed by atoms with Crippen molar-refractivity contribution < 1.29 is 14.4 Å². The second-order valence-electron chi connectivity index (χ2n) is 8.14. The van der Waals surface area contributed by atoms with Gasteiger partial charge in [0.15, 0.2) is 0 Å². The van der Waals surface area contributed by atoms with Gasteiger partial charge in [-0.15, -0.1) is 0 Å². The predicted octanol–water partition coefficient (Wildman–Crippen LogP) is 3.16. The summed E-state index contributed by atoms with van der Waals surface area (Å²) in [6.07, 6.45) is 3.91. The van der Waals surface area contributed by atoms with Crippen molar-refractivity contribution in [3.8, 4) is 0 Å². The summed E-state index contributed by atoms with van der Waals surface area (Å²) in [5, 5.41) is 8.61. The van der Waals surface area contributed by atoms with Gasteiger partial charge in [0.2, 0.25) is 17.7 Å². The fraction of sp³-hybridized carbons (Fsp3) is 0.375. The molecule has 3 amide bonds. The molecule has 0 saturated carbocycles. The van der Waals surface area contributed by atoms with E-state index in [2.05, 4.69) is 16.0 Å². The van der Waals surface area contributed by atoms with E-state index in [1.165, 1.54) is 30.5 Å². The normalized spacial score (nSPS) is 18.2. The summed E-state index contributed by atoms with van der Waals surface area (Å²) >= 11 is 0. The number of carbonyl (C=O) groups is 3. The Kier molecular flexibility index (Phi) is 6.95. The molecule has 2 aliphatic rings. The highest BCUT2D eigenvalue weighted by Crippen LogP contribution is 2.33. The molecular weight excluding hydrogens is 392 g/mol. The van der Waals surface area contributed by atoms with Crippen LogP contribution < -0.4 is 21.7 Å². The molecule has 4 rings (SSSR count). The number of rotatable bonds is 3. The molecule has 0 heterocycles. The Balaban J connectivity index is 0.000000179. The maximum Gasteiger partial charge on any atom is 0.221 e. The van der Waals surface area contributed by atoms with Crippen molar-refractivity contribution in [3.63, 3.8) is 0 Å². The molecule has 0 saturated heterocycles. The van der Waals surface area contributed by atoms with E-state index in [4.69, 9.17) is 5.73 Å². The van der Waals surface area contributed by atoms with E-state index in [1.807, 2.05) is 36.4 Å². The SMILES string of the molecule is CC(=O)NC1CCc2ccc(N)cc21.CC(=O)Nc1ccc2c(c1)C(NC(C)=O)CC2. The lowest BCUT2D eigenvalue weighted by molar-refractivity contribution is -0.120. The lowest BCUT2D eigenvalue weighted by Gasteiger charge is -2.13. The van der Waals surface area contributed by atoms with Gasteiger partial charge in [-0.25, -0.2) is 0 Å². The summed E-state index contributed by atoms with van der Waals surface area (Å²) in [6, 6.07) is 12.0. The Hall–Kier alpha value is -3.35. The van der Waals surface area contributed by atoms with Crippen LogP contribution in [0.5, 0.6) is 0 Å². The zero-order valence-corrected chi connectivity index (χ0v) is 18.2. The zero-order chi connectivity index (χ0) is 22.5. The Morgan fingerprint density at radius 2 is 1.29 bits per heavy atom. The molecule has 7 nitrogen and oxygen atoms in total. The van der Waals surface area contributed by atoms with Crippen LogP contribution in [0.15, 0.2) is 36.4 Å². The molecule has 2 aliphatic carbocycles. The van der Waals surface area contributed by atoms with Gasteiger partial charge in [-0.2, -0.15) is 0 Å². The van der Waals surface area contributed by atoms with Gasteiger partial charge in [0, 0.05) is 32.1 Å². The molecule has 2 atom stereocenters. The van der Waals surface area contributed by atoms with Crippen LogP contribution in [-0.2, 0) is 27.2 Å². The first-order chi connectivity index (χ1) is 14.7. The van der Waals surface area contributed by atoms with E-state index in [0.29, 0.717) is 0 Å². The number of benzene rings is 2. The number of fused-ring (bicyclic) bond motifs is 2. The van der Waals surface area contributed by atoms with E-state index in [1.54, 1.807) is 6.92 Å². The van der Waals surface area contributed by atoms with Gasteiger partial charge in [0.1, 0.15) is 0 Å². The van der Waals surface area contributed by atoms with Gasteiger partial charge in [-0.1, -0.05) is 12.1 Å². The van der Waals surface area contributed by atoms with E-state index in [-0.39, 0.29) is 29.8 Å². The number of amides is 3. The number of carbonyl (C=O) groups excluding carboxylic acids is 3. The summed E-state index contributed by atoms with van der Waals surface area (Å²) in [6.45, 7) is 4.55. The number of nitrogen functional groups attached to an aromatic ring is 1.